The van der Waals surface area contributed by atoms with E-state index in [-0.39, 0.29) is 0 Å². The van der Waals surface area contributed by atoms with Crippen LogP contribution < -0.4 is 15.2 Å². The second kappa shape index (κ2) is 15.3. The molecular formula is C30H37NO5. The Balaban J connectivity index is 0.000000583. The van der Waals surface area contributed by atoms with Crippen LogP contribution in [0.3, 0.4) is 0 Å². The molecule has 0 aliphatic heterocycles. The molecule has 0 atom stereocenters. The molecule has 0 aliphatic rings. The maximum absolute atomic E-state index is 9.18. The molecule has 3 aromatic carbocycles. The highest BCUT2D eigenvalue weighted by molar-refractivity contribution is 5.97. The fourth-order valence-corrected chi connectivity index (χ4v) is 3.76. The number of fused-ring (bicyclic) bond motifs is 1. The van der Waals surface area contributed by atoms with Crippen molar-refractivity contribution in [2.75, 3.05) is 13.7 Å². The lowest BCUT2D eigenvalue weighted by Crippen LogP contribution is -2.02. The van der Waals surface area contributed by atoms with Gasteiger partial charge in [0.15, 0.2) is 0 Å². The third kappa shape index (κ3) is 7.12. The molecule has 0 radical (unpaired) electrons. The minimum Gasteiger partial charge on any atom is -0.496 e. The summed E-state index contributed by atoms with van der Waals surface area (Å²) in [4.78, 5) is 9.18. The predicted molar refractivity (Wildman–Crippen MR) is 145 cm³/mol. The van der Waals surface area contributed by atoms with Gasteiger partial charge in [0.25, 0.3) is 6.47 Å². The van der Waals surface area contributed by atoms with Gasteiger partial charge in [0.2, 0.25) is 0 Å². The van der Waals surface area contributed by atoms with Crippen LogP contribution in [-0.2, 0) is 29.1 Å². The Morgan fingerprint density at radius 3 is 2.39 bits per heavy atom. The largest absolute Gasteiger partial charge is 0.496 e. The summed E-state index contributed by atoms with van der Waals surface area (Å²) in [6, 6.07) is 20.4. The Morgan fingerprint density at radius 1 is 0.972 bits per heavy atom. The van der Waals surface area contributed by atoms with Crippen molar-refractivity contribution in [1.29, 1.82) is 0 Å². The van der Waals surface area contributed by atoms with E-state index in [1.54, 1.807) is 20.3 Å². The van der Waals surface area contributed by atoms with Crippen molar-refractivity contribution < 1.29 is 23.4 Å². The summed E-state index contributed by atoms with van der Waals surface area (Å²) in [5.41, 5.74) is 11.9. The lowest BCUT2D eigenvalue weighted by molar-refractivity contribution is -0.128. The van der Waals surface area contributed by atoms with Crippen molar-refractivity contribution in [3.63, 3.8) is 0 Å². The van der Waals surface area contributed by atoms with Crippen LogP contribution in [0, 0.1) is 0 Å². The van der Waals surface area contributed by atoms with Crippen molar-refractivity contribution in [2.45, 2.75) is 47.3 Å². The fraction of sp³-hybridized carbons (Fsp3) is 0.300. The Bertz CT molecular complexity index is 1220. The monoisotopic (exact) mass is 491 g/mol. The minimum atomic E-state index is 0.408. The molecule has 0 aliphatic carbocycles. The molecule has 1 aromatic heterocycles. The van der Waals surface area contributed by atoms with Crippen LogP contribution in [0.1, 0.15) is 44.4 Å². The molecule has 6 heteroatoms. The number of para-hydroxylation sites is 1. The van der Waals surface area contributed by atoms with E-state index in [1.807, 2.05) is 50.2 Å². The van der Waals surface area contributed by atoms with Crippen molar-refractivity contribution >= 4 is 17.4 Å². The molecule has 0 unspecified atom stereocenters. The number of hydrogen-bond donors (Lipinski definition) is 1. The van der Waals surface area contributed by atoms with E-state index in [0.29, 0.717) is 26.2 Å². The summed E-state index contributed by atoms with van der Waals surface area (Å²) in [7, 11) is 1.68. The molecule has 0 saturated heterocycles. The summed E-state index contributed by atoms with van der Waals surface area (Å²) in [6.45, 7) is 9.70. The second-order valence-electron chi connectivity index (χ2n) is 7.49. The van der Waals surface area contributed by atoms with Gasteiger partial charge in [-0.25, -0.2) is 0 Å². The first-order valence-electron chi connectivity index (χ1n) is 12.3. The molecule has 6 nitrogen and oxygen atoms in total. The molecule has 4 rings (SSSR count). The Labute approximate surface area is 214 Å². The summed E-state index contributed by atoms with van der Waals surface area (Å²) < 4.78 is 21.9. The lowest BCUT2D eigenvalue weighted by Gasteiger charge is -2.15. The number of ether oxygens (including phenoxy) is 3. The number of furan rings is 1. The third-order valence-corrected chi connectivity index (χ3v) is 5.41. The number of benzene rings is 3. The normalized spacial score (nSPS) is 9.94. The average Bonchev–Trinajstić information content (AvgIpc) is 3.43. The van der Waals surface area contributed by atoms with E-state index in [9.17, 15) is 4.79 Å². The number of methoxy groups -OCH3 is 1. The van der Waals surface area contributed by atoms with Gasteiger partial charge in [0.1, 0.15) is 23.7 Å². The van der Waals surface area contributed by atoms with Crippen LogP contribution in [0.4, 0.5) is 0 Å². The molecule has 0 bridgehead atoms. The molecule has 192 valence electrons. The van der Waals surface area contributed by atoms with Crippen LogP contribution >= 0.6 is 0 Å². The number of rotatable bonds is 9. The molecule has 0 amide bonds. The van der Waals surface area contributed by atoms with Crippen LogP contribution in [0.25, 0.3) is 22.1 Å². The van der Waals surface area contributed by atoms with Crippen LogP contribution in [0.15, 0.2) is 71.3 Å². The standard InChI is InChI=1S/C25H25NO3.C3H6O2.C2H6/c1-3-18-8-4-5-10-23(18)29-16-20-14-22(19-9-6-7-17(13-19)15-26)25-21(11-12-28-25)24(20)27-2;1-2-5-3-4;1-2/h4-14H,3,15-16,26H2,1-2H3;3H,2H2,1H3;1-2H3. The van der Waals surface area contributed by atoms with E-state index in [2.05, 4.69) is 35.9 Å². The molecule has 36 heavy (non-hydrogen) atoms. The number of carbonyl (C=O) groups is 1. The van der Waals surface area contributed by atoms with Gasteiger partial charge in [0.05, 0.1) is 25.4 Å². The zero-order chi connectivity index (χ0) is 26.3. The number of aryl methyl sites for hydroxylation is 1. The number of nitrogens with two attached hydrogens (primary N) is 1. The van der Waals surface area contributed by atoms with E-state index < -0.39 is 0 Å². The van der Waals surface area contributed by atoms with Gasteiger partial charge in [0, 0.05) is 17.7 Å². The number of hydrogen-bond acceptors (Lipinski definition) is 6. The smallest absolute Gasteiger partial charge is 0.293 e. The van der Waals surface area contributed by atoms with Crippen LogP contribution in [0.2, 0.25) is 0 Å². The van der Waals surface area contributed by atoms with Gasteiger partial charge >= 0.3 is 0 Å². The summed E-state index contributed by atoms with van der Waals surface area (Å²) in [6.07, 6.45) is 2.62. The summed E-state index contributed by atoms with van der Waals surface area (Å²) in [5.74, 6) is 1.68. The van der Waals surface area contributed by atoms with E-state index in [1.165, 1.54) is 5.56 Å². The highest BCUT2D eigenvalue weighted by Gasteiger charge is 2.17. The van der Waals surface area contributed by atoms with E-state index in [0.717, 1.165) is 51.1 Å². The zero-order valence-corrected chi connectivity index (χ0v) is 21.9. The maximum atomic E-state index is 9.18. The zero-order valence-electron chi connectivity index (χ0n) is 21.9. The molecule has 0 fully saturated rings. The van der Waals surface area contributed by atoms with Crippen molar-refractivity contribution in [2.24, 2.45) is 5.73 Å². The van der Waals surface area contributed by atoms with Crippen molar-refractivity contribution in [3.05, 3.63) is 83.6 Å². The van der Waals surface area contributed by atoms with Gasteiger partial charge in [-0.2, -0.15) is 0 Å². The highest BCUT2D eigenvalue weighted by atomic mass is 16.5. The Kier molecular flexibility index (Phi) is 12.1. The first kappa shape index (κ1) is 28.5. The van der Waals surface area contributed by atoms with Crippen molar-refractivity contribution in [3.8, 4) is 22.6 Å². The van der Waals surface area contributed by atoms with Gasteiger partial charge in [-0.05, 0) is 54.3 Å². The summed E-state index contributed by atoms with van der Waals surface area (Å²) >= 11 is 0. The van der Waals surface area contributed by atoms with Gasteiger partial charge in [-0.15, -0.1) is 0 Å². The topological polar surface area (TPSA) is 83.9 Å². The molecule has 4 aromatic rings. The maximum Gasteiger partial charge on any atom is 0.293 e. The SMILES string of the molecule is CC.CCOC=O.CCc1ccccc1OCc1cc(-c2cccc(CN)c2)c2occc2c1OC. The third-order valence-electron chi connectivity index (χ3n) is 5.41. The molecule has 1 heterocycles. The Morgan fingerprint density at radius 2 is 1.75 bits per heavy atom. The number of carbonyl (C=O) groups excluding carboxylic acids is 1. The first-order chi connectivity index (χ1) is 17.7. The first-order valence-corrected chi connectivity index (χ1v) is 12.3. The summed E-state index contributed by atoms with van der Waals surface area (Å²) in [5, 5.41) is 0.936. The van der Waals surface area contributed by atoms with Crippen molar-refractivity contribution in [1.82, 2.24) is 0 Å². The van der Waals surface area contributed by atoms with E-state index >= 15 is 0 Å². The quantitative estimate of drug-likeness (QED) is 0.256. The fourth-order valence-electron chi connectivity index (χ4n) is 3.76. The lowest BCUT2D eigenvalue weighted by atomic mass is 9.98. The van der Waals surface area contributed by atoms with Crippen LogP contribution in [0.5, 0.6) is 11.5 Å². The molecule has 2 N–H and O–H groups in total. The predicted octanol–water partition coefficient (Wildman–Crippen LogP) is 6.91. The van der Waals surface area contributed by atoms with E-state index in [4.69, 9.17) is 19.6 Å². The average molecular weight is 492 g/mol. The molecular weight excluding hydrogens is 454 g/mol. The van der Waals surface area contributed by atoms with Gasteiger partial charge in [-0.3, -0.25) is 4.79 Å². The highest BCUT2D eigenvalue weighted by Crippen LogP contribution is 2.39. The molecule has 0 spiro atoms. The van der Waals surface area contributed by atoms with Crippen LogP contribution in [-0.4, -0.2) is 20.2 Å². The molecule has 0 saturated carbocycles. The minimum absolute atomic E-state index is 0.408. The van der Waals surface area contributed by atoms with Gasteiger partial charge < -0.3 is 24.4 Å². The van der Waals surface area contributed by atoms with Gasteiger partial charge in [-0.1, -0.05) is 57.2 Å². The Hall–Kier alpha value is -3.77. The second-order valence-corrected chi connectivity index (χ2v) is 7.49.